The number of aryl methyl sites for hydroxylation is 1. The molecule has 4 rings (SSSR count). The average Bonchev–Trinajstić information content (AvgIpc) is 3.08. The van der Waals surface area contributed by atoms with E-state index in [9.17, 15) is 0 Å². The maximum atomic E-state index is 5.52. The van der Waals surface area contributed by atoms with Gasteiger partial charge in [0.2, 0.25) is 0 Å². The minimum absolute atomic E-state index is 0.703. The lowest BCUT2D eigenvalue weighted by Crippen LogP contribution is -2.37. The van der Waals surface area contributed by atoms with E-state index < -0.39 is 0 Å². The van der Waals surface area contributed by atoms with E-state index in [-0.39, 0.29) is 0 Å². The monoisotopic (exact) mass is 411 g/mol. The van der Waals surface area contributed by atoms with Gasteiger partial charge in [-0.1, -0.05) is 30.0 Å². The summed E-state index contributed by atoms with van der Waals surface area (Å²) in [5.41, 5.74) is 2.90. The van der Waals surface area contributed by atoms with E-state index in [1.807, 2.05) is 42.8 Å². The third-order valence-corrected chi connectivity index (χ3v) is 5.79. The number of thioether (sulfide) groups is 1. The highest BCUT2D eigenvalue weighted by Crippen LogP contribution is 2.29. The molecule has 3 heterocycles. The topological polar surface area (TPSA) is 65.3 Å². The van der Waals surface area contributed by atoms with Crippen LogP contribution in [0, 0.1) is 0 Å². The Balaban J connectivity index is 1.68. The van der Waals surface area contributed by atoms with Gasteiger partial charge in [-0.25, -0.2) is 15.0 Å². The third-order valence-electron chi connectivity index (χ3n) is 4.87. The molecule has 0 N–H and O–H groups in total. The van der Waals surface area contributed by atoms with Crippen molar-refractivity contribution in [2.24, 2.45) is 7.05 Å². The summed E-state index contributed by atoms with van der Waals surface area (Å²) in [6.45, 7) is 5.02. The van der Waals surface area contributed by atoms with Gasteiger partial charge in [0, 0.05) is 25.9 Å². The van der Waals surface area contributed by atoms with Gasteiger partial charge in [-0.05, 0) is 30.7 Å². The third kappa shape index (κ3) is 4.23. The molecule has 0 amide bonds. The number of allylic oxidation sites excluding steroid dienone is 1. The fraction of sp³-hybridized carbons (Fsp3) is 0.381. The Labute approximate surface area is 174 Å². The lowest BCUT2D eigenvalue weighted by Gasteiger charge is -2.28. The van der Waals surface area contributed by atoms with E-state index in [2.05, 4.69) is 17.0 Å². The molecule has 0 saturated carbocycles. The van der Waals surface area contributed by atoms with E-state index in [1.165, 1.54) is 5.56 Å². The highest BCUT2D eigenvalue weighted by molar-refractivity contribution is 7.98. The van der Waals surface area contributed by atoms with Crippen LogP contribution in [0.25, 0.3) is 17.2 Å². The molecule has 0 unspecified atom stereocenters. The molecule has 0 bridgehead atoms. The number of ether oxygens (including phenoxy) is 2. The number of imidazole rings is 1. The molecule has 1 aliphatic heterocycles. The highest BCUT2D eigenvalue weighted by Gasteiger charge is 2.21. The van der Waals surface area contributed by atoms with Gasteiger partial charge in [-0.3, -0.25) is 0 Å². The Bertz CT molecular complexity index is 1010. The average molecular weight is 412 g/mol. The molecule has 29 heavy (non-hydrogen) atoms. The Kier molecular flexibility index (Phi) is 6.01. The summed E-state index contributed by atoms with van der Waals surface area (Å²) < 4.78 is 12.8. The number of hydrogen-bond acceptors (Lipinski definition) is 7. The second kappa shape index (κ2) is 8.84. The van der Waals surface area contributed by atoms with Gasteiger partial charge >= 0.3 is 0 Å². The smallest absolute Gasteiger partial charge is 0.191 e. The zero-order valence-corrected chi connectivity index (χ0v) is 17.8. The summed E-state index contributed by atoms with van der Waals surface area (Å²) in [5, 5.41) is 0.754. The molecule has 1 aromatic carbocycles. The molecule has 7 nitrogen and oxygen atoms in total. The molecular weight excluding hydrogens is 386 g/mol. The van der Waals surface area contributed by atoms with Crippen LogP contribution in [-0.4, -0.2) is 52.9 Å². The van der Waals surface area contributed by atoms with Gasteiger partial charge in [0.25, 0.3) is 0 Å². The van der Waals surface area contributed by atoms with Gasteiger partial charge in [0.1, 0.15) is 11.6 Å². The Hall–Kier alpha value is -2.58. The molecular formula is C21H25N5O2S. The Morgan fingerprint density at radius 1 is 1.14 bits per heavy atom. The number of nitrogens with zero attached hydrogens (tertiary/aromatic N) is 5. The number of methoxy groups -OCH3 is 1. The molecule has 0 radical (unpaired) electrons. The van der Waals surface area contributed by atoms with Gasteiger partial charge in [0.15, 0.2) is 22.1 Å². The van der Waals surface area contributed by atoms with Crippen LogP contribution in [0.5, 0.6) is 5.75 Å². The normalized spacial score (nSPS) is 14.8. The van der Waals surface area contributed by atoms with Gasteiger partial charge in [-0.15, -0.1) is 0 Å². The summed E-state index contributed by atoms with van der Waals surface area (Å²) in [4.78, 5) is 16.8. The van der Waals surface area contributed by atoms with Crippen molar-refractivity contribution in [3.05, 3.63) is 41.7 Å². The van der Waals surface area contributed by atoms with Crippen molar-refractivity contribution in [1.82, 2.24) is 19.5 Å². The van der Waals surface area contributed by atoms with Gasteiger partial charge in [-0.2, -0.15) is 0 Å². The van der Waals surface area contributed by atoms with E-state index in [0.717, 1.165) is 52.6 Å². The molecule has 8 heteroatoms. The van der Waals surface area contributed by atoms with Crippen LogP contribution in [0.15, 0.2) is 35.5 Å². The summed E-state index contributed by atoms with van der Waals surface area (Å²) in [6, 6.07) is 8.09. The van der Waals surface area contributed by atoms with Crippen LogP contribution in [0.1, 0.15) is 18.3 Å². The largest absolute Gasteiger partial charge is 0.497 e. The second-order valence-corrected chi connectivity index (χ2v) is 7.71. The fourth-order valence-electron chi connectivity index (χ4n) is 3.27. The second-order valence-electron chi connectivity index (χ2n) is 6.77. The minimum atomic E-state index is 0.703. The Morgan fingerprint density at radius 2 is 1.90 bits per heavy atom. The van der Waals surface area contributed by atoms with E-state index >= 15 is 0 Å². The number of morpholine rings is 1. The van der Waals surface area contributed by atoms with Crippen molar-refractivity contribution in [3.8, 4) is 5.75 Å². The standard InChI is InChI=1S/C21H25N5O2S/c1-4-5-17-22-18-19(25(17)2)23-21(24-20(18)26-10-12-28-13-11-26)29-14-15-6-8-16(27-3)9-7-15/h4-9H,10-14H2,1-3H3/b5-4+. The molecule has 0 aliphatic carbocycles. The zero-order valence-electron chi connectivity index (χ0n) is 17.0. The SMILES string of the molecule is C/C=C/c1nc2c(N3CCOCC3)nc(SCc3ccc(OC)cc3)nc2n1C. The van der Waals surface area contributed by atoms with Crippen molar-refractivity contribution in [1.29, 1.82) is 0 Å². The van der Waals surface area contributed by atoms with Crippen LogP contribution in [-0.2, 0) is 17.5 Å². The van der Waals surface area contributed by atoms with Crippen molar-refractivity contribution < 1.29 is 9.47 Å². The molecule has 0 atom stereocenters. The summed E-state index contributed by atoms with van der Waals surface area (Å²) in [5.74, 6) is 3.42. The molecule has 2 aromatic heterocycles. The molecule has 152 valence electrons. The van der Waals surface area contributed by atoms with Crippen molar-refractivity contribution in [2.45, 2.75) is 17.8 Å². The Morgan fingerprint density at radius 3 is 2.59 bits per heavy atom. The van der Waals surface area contributed by atoms with E-state index in [0.29, 0.717) is 13.2 Å². The maximum Gasteiger partial charge on any atom is 0.191 e. The molecule has 1 aliphatic rings. The summed E-state index contributed by atoms with van der Waals surface area (Å²) in [6.07, 6.45) is 3.98. The number of aromatic nitrogens is 4. The number of fused-ring (bicyclic) bond motifs is 1. The number of rotatable bonds is 6. The first kappa shape index (κ1) is 19.7. The van der Waals surface area contributed by atoms with Crippen LogP contribution >= 0.6 is 11.8 Å². The highest BCUT2D eigenvalue weighted by atomic mass is 32.2. The van der Waals surface area contributed by atoms with Crippen LogP contribution in [0.2, 0.25) is 0 Å². The van der Waals surface area contributed by atoms with Crippen LogP contribution in [0.3, 0.4) is 0 Å². The zero-order chi connectivity index (χ0) is 20.2. The van der Waals surface area contributed by atoms with Crippen molar-refractivity contribution in [3.63, 3.8) is 0 Å². The lowest BCUT2D eigenvalue weighted by molar-refractivity contribution is 0.122. The molecule has 0 spiro atoms. The van der Waals surface area contributed by atoms with Crippen molar-refractivity contribution in [2.75, 3.05) is 38.3 Å². The number of anilines is 1. The first-order chi connectivity index (χ1) is 14.2. The van der Waals surface area contributed by atoms with Crippen molar-refractivity contribution >= 4 is 34.8 Å². The predicted molar refractivity (Wildman–Crippen MR) is 117 cm³/mol. The van der Waals surface area contributed by atoms with Gasteiger partial charge in [0.05, 0.1) is 20.3 Å². The maximum absolute atomic E-state index is 5.52. The lowest BCUT2D eigenvalue weighted by atomic mass is 10.2. The molecule has 1 fully saturated rings. The van der Waals surface area contributed by atoms with Crippen LogP contribution in [0.4, 0.5) is 5.82 Å². The minimum Gasteiger partial charge on any atom is -0.497 e. The first-order valence-corrected chi connectivity index (χ1v) is 10.6. The van der Waals surface area contributed by atoms with E-state index in [4.69, 9.17) is 24.4 Å². The van der Waals surface area contributed by atoms with Crippen LogP contribution < -0.4 is 9.64 Å². The summed E-state index contributed by atoms with van der Waals surface area (Å²) in [7, 11) is 3.68. The summed E-state index contributed by atoms with van der Waals surface area (Å²) >= 11 is 1.63. The van der Waals surface area contributed by atoms with Gasteiger partial charge < -0.3 is 18.9 Å². The predicted octanol–water partition coefficient (Wildman–Crippen LogP) is 3.53. The molecule has 1 saturated heterocycles. The quantitative estimate of drug-likeness (QED) is 0.454. The number of hydrogen-bond donors (Lipinski definition) is 0. The fourth-order valence-corrected chi connectivity index (χ4v) is 4.06. The number of benzene rings is 1. The molecule has 3 aromatic rings. The first-order valence-electron chi connectivity index (χ1n) is 9.65. The van der Waals surface area contributed by atoms with E-state index in [1.54, 1.807) is 18.9 Å².